The standard InChI is InChI=1S/C30H39N3O3.2C27H35FN4O2/c34-30(35)29(26-14-13-24(18-20-7-8-20)32-28(26)22-9-10-22)33-16-15-25(19-33)36-17-3-5-23-12-11-21-4-1-2-6-27(21)31-23;2*28-27(13-3-1-2-7-21-12-11-20-6-4-16-30-25(20)31-21)14-17-32(18-27)24(26(33)34)22-8-5-15-29-23(22)19-9-10-19/h11-14,20,22,25,29H,1-10,15-19H2,(H,34,35);2*5,8,11-12,15,19,24H,1-4,6-7,9-10,13-14,16-18H2,(H,30,31)(H,33,34)/t25-,29?;24-,27+;24-,27-/m101/s1. The van der Waals surface area contributed by atoms with Gasteiger partial charge >= 0.3 is 17.9 Å². The number of alkyl halides is 2. The molecule has 6 aromatic heterocycles. The van der Waals surface area contributed by atoms with Crippen molar-refractivity contribution in [3.63, 3.8) is 0 Å². The quantitative estimate of drug-likeness (QED) is 0.0255. The largest absolute Gasteiger partial charge is 0.480 e. The number of hydrogen-bond donors (Lipinski definition) is 5. The maximum Gasteiger partial charge on any atom is 0.325 e. The van der Waals surface area contributed by atoms with Gasteiger partial charge in [-0.25, -0.2) is 18.7 Å². The molecule has 5 aliphatic carbocycles. The van der Waals surface area contributed by atoms with Gasteiger partial charge in [0.15, 0.2) is 0 Å². The number of ether oxygens (including phenoxy) is 1. The molecule has 5 aliphatic heterocycles. The van der Waals surface area contributed by atoms with Crippen molar-refractivity contribution in [1.82, 2.24) is 44.6 Å². The summed E-state index contributed by atoms with van der Waals surface area (Å²) in [6, 6.07) is 22.3. The fourth-order valence-electron chi connectivity index (χ4n) is 17.2. The van der Waals surface area contributed by atoms with E-state index in [0.717, 1.165) is 236 Å². The number of halogens is 2. The Kier molecular flexibility index (Phi) is 24.0. The molecule has 0 amide bonds. The maximum absolute atomic E-state index is 15.6. The third-order valence-electron chi connectivity index (χ3n) is 23.6. The number of aromatic nitrogens is 6. The summed E-state index contributed by atoms with van der Waals surface area (Å²) in [6.45, 7) is 5.40. The van der Waals surface area contributed by atoms with Crippen LogP contribution in [0.1, 0.15) is 269 Å². The molecule has 0 spiro atoms. The van der Waals surface area contributed by atoms with Crippen molar-refractivity contribution in [2.75, 3.05) is 69.6 Å². The van der Waals surface area contributed by atoms with Crippen LogP contribution in [0.15, 0.2) is 85.2 Å². The predicted molar refractivity (Wildman–Crippen MR) is 398 cm³/mol. The van der Waals surface area contributed by atoms with Crippen molar-refractivity contribution >= 4 is 29.5 Å². The van der Waals surface area contributed by atoms with Gasteiger partial charge in [0.05, 0.1) is 6.10 Å². The molecule has 5 N–H and O–H groups in total. The second kappa shape index (κ2) is 34.0. The molecule has 6 atom stereocenters. The number of carbonyl (C=O) groups is 3. The van der Waals surface area contributed by atoms with E-state index < -0.39 is 47.4 Å². The highest BCUT2D eigenvalue weighted by Gasteiger charge is 2.47. The van der Waals surface area contributed by atoms with Gasteiger partial charge in [0.25, 0.3) is 0 Å². The number of likely N-dealkylation sites (tertiary alicyclic amines) is 3. The fourth-order valence-corrected chi connectivity index (χ4v) is 17.2. The summed E-state index contributed by atoms with van der Waals surface area (Å²) in [5.74, 6) is 1.41. The highest BCUT2D eigenvalue weighted by molar-refractivity contribution is 5.77. The number of nitrogens with zero attached hydrogens (tertiary/aromatic N) is 9. The Hall–Kier alpha value is -7.39. The Morgan fingerprint density at radius 1 is 0.490 bits per heavy atom. The molecule has 11 heterocycles. The van der Waals surface area contributed by atoms with Crippen LogP contribution in [0.5, 0.6) is 0 Å². The molecule has 0 aromatic carbocycles. The minimum absolute atomic E-state index is 0.0924. The molecule has 0 bridgehead atoms. The number of carboxylic acid groups (broad SMARTS) is 3. The molecule has 10 aliphatic rings. The second-order valence-electron chi connectivity index (χ2n) is 32.0. The molecule has 3 saturated heterocycles. The highest BCUT2D eigenvalue weighted by atomic mass is 19.1. The van der Waals surface area contributed by atoms with Crippen LogP contribution in [0.2, 0.25) is 0 Å². The number of nitrogens with one attached hydrogen (secondary N) is 2. The summed E-state index contributed by atoms with van der Waals surface area (Å²) in [6.07, 6.45) is 34.9. The topological polar surface area (TPSA) is 232 Å². The normalized spacial score (nSPS) is 23.2. The van der Waals surface area contributed by atoms with Crippen molar-refractivity contribution in [2.45, 2.75) is 259 Å². The van der Waals surface area contributed by atoms with E-state index in [4.69, 9.17) is 24.7 Å². The summed E-state index contributed by atoms with van der Waals surface area (Å²) in [7, 11) is 0. The van der Waals surface area contributed by atoms with Crippen LogP contribution in [0.4, 0.5) is 20.4 Å². The van der Waals surface area contributed by atoms with E-state index in [0.29, 0.717) is 69.7 Å². The van der Waals surface area contributed by atoms with Crippen molar-refractivity contribution in [3.8, 4) is 0 Å². The van der Waals surface area contributed by atoms with E-state index >= 15 is 8.78 Å². The summed E-state index contributed by atoms with van der Waals surface area (Å²) in [4.78, 5) is 71.0. The lowest BCUT2D eigenvalue weighted by atomic mass is 9.95. The van der Waals surface area contributed by atoms with Gasteiger partial charge in [0, 0.05) is 151 Å². The molecule has 0 radical (unpaired) electrons. The van der Waals surface area contributed by atoms with Crippen molar-refractivity contribution in [3.05, 3.63) is 164 Å². The number of pyridine rings is 6. The monoisotopic (exact) mass is 1420 g/mol. The Morgan fingerprint density at radius 2 is 0.971 bits per heavy atom. The second-order valence-corrected chi connectivity index (χ2v) is 32.0. The maximum atomic E-state index is 15.6. The molecule has 4 saturated carbocycles. The highest BCUT2D eigenvalue weighted by Crippen LogP contribution is 2.48. The number of aliphatic carboxylic acids is 3. The van der Waals surface area contributed by atoms with Gasteiger partial charge in [-0.1, -0.05) is 62.1 Å². The molecular weight excluding hydrogens is 1310 g/mol. The van der Waals surface area contributed by atoms with Crippen LogP contribution in [0, 0.1) is 5.92 Å². The van der Waals surface area contributed by atoms with Crippen LogP contribution in [-0.2, 0) is 70.5 Å². The van der Waals surface area contributed by atoms with E-state index in [1.807, 2.05) is 21.9 Å². The van der Waals surface area contributed by atoms with Crippen molar-refractivity contribution in [1.29, 1.82) is 0 Å². The van der Waals surface area contributed by atoms with Crippen LogP contribution in [0.25, 0.3) is 0 Å². The lowest BCUT2D eigenvalue weighted by Gasteiger charge is -2.27. The summed E-state index contributed by atoms with van der Waals surface area (Å²) < 4.78 is 37.5. The Labute approximate surface area is 612 Å². The van der Waals surface area contributed by atoms with Gasteiger partial charge in [-0.3, -0.25) is 49.0 Å². The Balaban J connectivity index is 0.000000132. The average Bonchev–Trinajstić information content (AvgIpc) is 1.66. The fraction of sp³-hybridized carbons (Fsp3) is 0.607. The lowest BCUT2D eigenvalue weighted by Crippen LogP contribution is -2.36. The van der Waals surface area contributed by atoms with Gasteiger partial charge < -0.3 is 30.7 Å². The number of carboxylic acids is 3. The smallest absolute Gasteiger partial charge is 0.325 e. The van der Waals surface area contributed by atoms with E-state index in [-0.39, 0.29) is 19.2 Å². The number of aryl methyl sites for hydroxylation is 7. The molecule has 104 heavy (non-hydrogen) atoms. The van der Waals surface area contributed by atoms with Crippen LogP contribution in [-0.4, -0.2) is 154 Å². The predicted octanol–water partition coefficient (Wildman–Crippen LogP) is 15.1. The van der Waals surface area contributed by atoms with Crippen LogP contribution < -0.4 is 10.6 Å². The Morgan fingerprint density at radius 3 is 1.51 bits per heavy atom. The first-order chi connectivity index (χ1) is 50.7. The first-order valence-electron chi connectivity index (χ1n) is 39.9. The minimum atomic E-state index is -1.32. The molecule has 1 unspecified atom stereocenters. The molecular formula is C84H109F2N11O7. The van der Waals surface area contributed by atoms with Crippen LogP contribution >= 0.6 is 0 Å². The van der Waals surface area contributed by atoms with E-state index in [1.165, 1.54) is 60.2 Å². The van der Waals surface area contributed by atoms with Gasteiger partial charge in [-0.2, -0.15) is 0 Å². The van der Waals surface area contributed by atoms with E-state index in [9.17, 15) is 29.7 Å². The zero-order chi connectivity index (χ0) is 71.6. The van der Waals surface area contributed by atoms with Crippen LogP contribution in [0.3, 0.4) is 0 Å². The zero-order valence-electron chi connectivity index (χ0n) is 60.9. The minimum Gasteiger partial charge on any atom is -0.480 e. The molecule has 18 nitrogen and oxygen atoms in total. The number of hydrogen-bond acceptors (Lipinski definition) is 15. The molecule has 6 aromatic rings. The third-order valence-corrected chi connectivity index (χ3v) is 23.6. The number of rotatable bonds is 31. The van der Waals surface area contributed by atoms with Gasteiger partial charge in [0.1, 0.15) is 41.1 Å². The van der Waals surface area contributed by atoms with Gasteiger partial charge in [-0.15, -0.1) is 0 Å². The summed E-state index contributed by atoms with van der Waals surface area (Å²) in [5.41, 5.74) is 12.4. The zero-order valence-corrected chi connectivity index (χ0v) is 60.9. The first kappa shape index (κ1) is 73.5. The summed E-state index contributed by atoms with van der Waals surface area (Å²) in [5, 5.41) is 37.0. The van der Waals surface area contributed by atoms with Crippen molar-refractivity contribution in [2.24, 2.45) is 5.92 Å². The van der Waals surface area contributed by atoms with Gasteiger partial charge in [-0.05, 0) is 239 Å². The first-order valence-corrected chi connectivity index (χ1v) is 39.9. The molecule has 7 fully saturated rings. The lowest BCUT2D eigenvalue weighted by molar-refractivity contribution is -0.144. The number of unbranched alkanes of at least 4 members (excludes halogenated alkanes) is 4. The third kappa shape index (κ3) is 19.2. The van der Waals surface area contributed by atoms with Crippen molar-refractivity contribution < 1.29 is 43.2 Å². The Bertz CT molecular complexity index is 3780. The molecule has 16 rings (SSSR count). The SMILES string of the molecule is O=C(O)C(c1ccc(CC2CC2)nc1C1CC1)N1CC[C@@H](OCCCc2ccc3c(n2)CCCC3)C1.O=C(O)[C@@H](c1cccnc1C1CC1)N1CC[C@](F)(CCCCCc2ccc3c(n2)NCCC3)C1.O=C(O)[C@H](c1cccnc1C1CC1)N1CC[C@](F)(CCCCCc2ccc3c(n2)NCCC3)C1. The molecule has 20 heteroatoms. The van der Waals surface area contributed by atoms with E-state index in [1.54, 1.807) is 24.5 Å². The summed E-state index contributed by atoms with van der Waals surface area (Å²) >= 11 is 0. The number of fused-ring (bicyclic) bond motifs is 3. The molecule has 556 valence electrons. The van der Waals surface area contributed by atoms with E-state index in [2.05, 4.69) is 74.0 Å². The number of anilines is 2. The van der Waals surface area contributed by atoms with Gasteiger partial charge in [0.2, 0.25) is 0 Å². The average molecular weight is 1420 g/mol.